The van der Waals surface area contributed by atoms with Gasteiger partial charge >= 0.3 is 0 Å². The lowest BCUT2D eigenvalue weighted by Crippen LogP contribution is -2.25. The molecule has 0 aliphatic heterocycles. The van der Waals surface area contributed by atoms with Crippen molar-refractivity contribution in [2.45, 2.75) is 30.8 Å². The van der Waals surface area contributed by atoms with Gasteiger partial charge in [0.05, 0.1) is 25.9 Å². The summed E-state index contributed by atoms with van der Waals surface area (Å²) in [6.07, 6.45) is 3.75. The van der Waals surface area contributed by atoms with Crippen molar-refractivity contribution in [3.63, 3.8) is 0 Å². The molecular weight excluding hydrogens is 286 g/mol. The maximum Gasteiger partial charge on any atom is 0.0945 e. The first kappa shape index (κ1) is 18.3. The number of anilines is 1. The van der Waals surface area contributed by atoms with Crippen molar-refractivity contribution in [1.82, 2.24) is 0 Å². The highest BCUT2D eigenvalue weighted by atomic mass is 32.2. The molecule has 1 unspecified atom stereocenters. The second-order valence-corrected chi connectivity index (χ2v) is 5.62. The van der Waals surface area contributed by atoms with E-state index >= 15 is 0 Å². The van der Waals surface area contributed by atoms with E-state index in [1.165, 1.54) is 4.90 Å². The van der Waals surface area contributed by atoms with Crippen LogP contribution in [0.25, 0.3) is 0 Å². The lowest BCUT2D eigenvalue weighted by Gasteiger charge is -2.15. The molecule has 120 valence electrons. The van der Waals surface area contributed by atoms with Gasteiger partial charge in [0.2, 0.25) is 0 Å². The Kier molecular flexibility index (Phi) is 10.3. The lowest BCUT2D eigenvalue weighted by atomic mass is 10.3. The fraction of sp³-hybridized carbons (Fsp3) is 0.625. The number of ether oxygens (including phenoxy) is 2. The third-order valence-electron chi connectivity index (χ3n) is 2.96. The molecule has 1 aromatic carbocycles. The molecule has 0 aromatic heterocycles. The molecule has 5 heteroatoms. The molecule has 1 rings (SSSR count). The molecule has 2 N–H and O–H groups in total. The van der Waals surface area contributed by atoms with Gasteiger partial charge in [0.15, 0.2) is 0 Å². The molecule has 0 saturated carbocycles. The summed E-state index contributed by atoms with van der Waals surface area (Å²) in [5.41, 5.74) is 1.05. The zero-order valence-corrected chi connectivity index (χ0v) is 13.8. The normalized spacial score (nSPS) is 12.3. The summed E-state index contributed by atoms with van der Waals surface area (Å²) in [7, 11) is 0. The number of aliphatic hydroxyl groups excluding tert-OH is 1. The van der Waals surface area contributed by atoms with E-state index in [0.29, 0.717) is 26.4 Å². The Morgan fingerprint density at radius 2 is 1.95 bits per heavy atom. The number of unbranched alkanes of at least 4 members (excludes halogenated alkanes) is 1. The van der Waals surface area contributed by atoms with E-state index in [-0.39, 0.29) is 0 Å². The number of aliphatic hydroxyl groups is 1. The molecule has 21 heavy (non-hydrogen) atoms. The van der Waals surface area contributed by atoms with Crippen molar-refractivity contribution in [3.05, 3.63) is 24.3 Å². The van der Waals surface area contributed by atoms with E-state index < -0.39 is 6.10 Å². The largest absolute Gasteiger partial charge is 0.389 e. The van der Waals surface area contributed by atoms with Gasteiger partial charge in [0, 0.05) is 23.7 Å². The van der Waals surface area contributed by atoms with Gasteiger partial charge in [-0.3, -0.25) is 0 Å². The third kappa shape index (κ3) is 8.31. The van der Waals surface area contributed by atoms with Crippen LogP contribution in [0.1, 0.15) is 19.8 Å². The predicted molar refractivity (Wildman–Crippen MR) is 89.3 cm³/mol. The molecule has 1 atom stereocenters. The Balaban J connectivity index is 2.09. The predicted octanol–water partition coefficient (Wildman–Crippen LogP) is 3.01. The molecule has 4 nitrogen and oxygen atoms in total. The van der Waals surface area contributed by atoms with E-state index in [9.17, 15) is 5.11 Å². The standard InChI is InChI=1S/C16H27NO3S/c1-3-4-9-19-10-11-20-13-14(18)12-17-15-7-5-6-8-16(15)21-2/h5-8,14,17-18H,3-4,9-13H2,1-2H3. The average molecular weight is 313 g/mol. The molecule has 1 aromatic rings. The van der Waals surface area contributed by atoms with Crippen LogP contribution in [0, 0.1) is 0 Å². The zero-order chi connectivity index (χ0) is 15.3. The van der Waals surface area contributed by atoms with E-state index in [4.69, 9.17) is 9.47 Å². The molecule has 0 aliphatic rings. The Morgan fingerprint density at radius 3 is 2.71 bits per heavy atom. The van der Waals surface area contributed by atoms with Crippen LogP contribution in [0.15, 0.2) is 29.2 Å². The van der Waals surface area contributed by atoms with Gasteiger partial charge in [-0.2, -0.15) is 0 Å². The number of hydrogen-bond acceptors (Lipinski definition) is 5. The van der Waals surface area contributed by atoms with Crippen molar-refractivity contribution < 1.29 is 14.6 Å². The fourth-order valence-electron chi connectivity index (χ4n) is 1.76. The number of rotatable bonds is 12. The molecule has 0 spiro atoms. The van der Waals surface area contributed by atoms with E-state index in [0.717, 1.165) is 25.1 Å². The van der Waals surface area contributed by atoms with Crippen molar-refractivity contribution in [2.24, 2.45) is 0 Å². The van der Waals surface area contributed by atoms with Gasteiger partial charge in [-0.15, -0.1) is 11.8 Å². The third-order valence-corrected chi connectivity index (χ3v) is 3.76. The summed E-state index contributed by atoms with van der Waals surface area (Å²) in [4.78, 5) is 1.18. The van der Waals surface area contributed by atoms with Gasteiger partial charge < -0.3 is 19.9 Å². The minimum atomic E-state index is -0.518. The van der Waals surface area contributed by atoms with E-state index in [1.54, 1.807) is 11.8 Å². The van der Waals surface area contributed by atoms with Crippen molar-refractivity contribution >= 4 is 17.4 Å². The first-order chi connectivity index (χ1) is 10.3. The maximum absolute atomic E-state index is 9.88. The van der Waals surface area contributed by atoms with Crippen molar-refractivity contribution in [3.8, 4) is 0 Å². The van der Waals surface area contributed by atoms with Gasteiger partial charge in [-0.1, -0.05) is 25.5 Å². The molecule has 0 heterocycles. The lowest BCUT2D eigenvalue weighted by molar-refractivity contribution is 0.00748. The first-order valence-electron chi connectivity index (χ1n) is 7.48. The van der Waals surface area contributed by atoms with Crippen LogP contribution in [0.4, 0.5) is 5.69 Å². The molecule has 0 amide bonds. The highest BCUT2D eigenvalue weighted by Crippen LogP contribution is 2.24. The summed E-state index contributed by atoms with van der Waals surface area (Å²) in [6, 6.07) is 8.07. The molecule has 0 radical (unpaired) electrons. The number of hydrogen-bond donors (Lipinski definition) is 2. The number of nitrogens with one attached hydrogen (secondary N) is 1. The summed E-state index contributed by atoms with van der Waals surface area (Å²) in [6.45, 7) is 4.85. The van der Waals surface area contributed by atoms with Crippen molar-refractivity contribution in [2.75, 3.05) is 44.5 Å². The Morgan fingerprint density at radius 1 is 1.19 bits per heavy atom. The molecule has 0 saturated heterocycles. The zero-order valence-electron chi connectivity index (χ0n) is 13.0. The molecular formula is C16H27NO3S. The van der Waals surface area contributed by atoms with Crippen LogP contribution in [0.5, 0.6) is 0 Å². The number of thioether (sulfide) groups is 1. The monoisotopic (exact) mass is 313 g/mol. The molecule has 0 aliphatic carbocycles. The summed E-state index contributed by atoms with van der Waals surface area (Å²) in [5.74, 6) is 0. The molecule has 0 fully saturated rings. The Hall–Kier alpha value is -0.750. The van der Waals surface area contributed by atoms with Crippen LogP contribution in [-0.2, 0) is 9.47 Å². The van der Waals surface area contributed by atoms with Gasteiger partial charge in [0.1, 0.15) is 0 Å². The van der Waals surface area contributed by atoms with Crippen LogP contribution >= 0.6 is 11.8 Å². The fourth-order valence-corrected chi connectivity index (χ4v) is 2.34. The van der Waals surface area contributed by atoms with Crippen LogP contribution in [0.2, 0.25) is 0 Å². The van der Waals surface area contributed by atoms with Crippen LogP contribution in [-0.4, -0.2) is 50.4 Å². The smallest absolute Gasteiger partial charge is 0.0945 e. The number of benzene rings is 1. The summed E-state index contributed by atoms with van der Waals surface area (Å²) >= 11 is 1.69. The minimum absolute atomic E-state index is 0.325. The maximum atomic E-state index is 9.88. The highest BCUT2D eigenvalue weighted by molar-refractivity contribution is 7.98. The first-order valence-corrected chi connectivity index (χ1v) is 8.70. The Bertz CT molecular complexity index is 376. The molecule has 0 bridgehead atoms. The summed E-state index contributed by atoms with van der Waals surface area (Å²) in [5, 5.41) is 13.1. The second-order valence-electron chi connectivity index (χ2n) is 4.78. The van der Waals surface area contributed by atoms with Gasteiger partial charge in [-0.25, -0.2) is 0 Å². The Labute approximate surface area is 132 Å². The van der Waals surface area contributed by atoms with Crippen molar-refractivity contribution in [1.29, 1.82) is 0 Å². The second kappa shape index (κ2) is 11.9. The highest BCUT2D eigenvalue weighted by Gasteiger charge is 2.06. The summed E-state index contributed by atoms with van der Waals surface area (Å²) < 4.78 is 10.8. The van der Waals surface area contributed by atoms with Crippen LogP contribution in [0.3, 0.4) is 0 Å². The quantitative estimate of drug-likeness (QED) is 0.459. The average Bonchev–Trinajstić information content (AvgIpc) is 2.52. The minimum Gasteiger partial charge on any atom is -0.389 e. The number of para-hydroxylation sites is 1. The van der Waals surface area contributed by atoms with Gasteiger partial charge in [-0.05, 0) is 24.8 Å². The van der Waals surface area contributed by atoms with Crippen LogP contribution < -0.4 is 5.32 Å². The van der Waals surface area contributed by atoms with E-state index in [1.807, 2.05) is 24.5 Å². The topological polar surface area (TPSA) is 50.7 Å². The van der Waals surface area contributed by atoms with Gasteiger partial charge in [0.25, 0.3) is 0 Å². The van der Waals surface area contributed by atoms with E-state index in [2.05, 4.69) is 18.3 Å². The SMILES string of the molecule is CCCCOCCOCC(O)CNc1ccccc1SC.